The number of carbonyl (C=O) groups is 2. The van der Waals surface area contributed by atoms with E-state index in [9.17, 15) is 24.9 Å². The van der Waals surface area contributed by atoms with Crippen LogP contribution in [0.1, 0.15) is 46.1 Å². The van der Waals surface area contributed by atoms with Crippen LogP contribution >= 0.6 is 0 Å². The van der Waals surface area contributed by atoms with E-state index >= 15 is 0 Å². The van der Waals surface area contributed by atoms with Crippen molar-refractivity contribution >= 4 is 17.3 Å². The van der Waals surface area contributed by atoms with E-state index in [0.29, 0.717) is 5.56 Å². The molecule has 0 fully saturated rings. The number of Topliss-reactive ketones (excluding diaryl/α,β-unsaturated/α-hetero) is 2. The Hall–Kier alpha value is -2.92. The Balaban J connectivity index is 2.75. The number of aliphatic hydroxyl groups is 3. The summed E-state index contributed by atoms with van der Waals surface area (Å²) in [7, 11) is 0. The lowest BCUT2D eigenvalue weighted by Crippen LogP contribution is -2.51. The lowest BCUT2D eigenvalue weighted by Gasteiger charge is -2.31. The highest BCUT2D eigenvalue weighted by atomic mass is 16.3. The van der Waals surface area contributed by atoms with E-state index in [1.54, 1.807) is 56.3 Å². The molecule has 0 aliphatic heterocycles. The molecule has 1 aromatic carbocycles. The number of hydrogen-bond donors (Lipinski definition) is 3. The third-order valence-corrected chi connectivity index (χ3v) is 4.58. The first kappa shape index (κ1) is 21.4. The normalized spacial score (nSPS) is 21.5. The predicted molar refractivity (Wildman–Crippen MR) is 109 cm³/mol. The summed E-state index contributed by atoms with van der Waals surface area (Å²) in [4.78, 5) is 26.0. The number of hydrogen-bond acceptors (Lipinski definition) is 5. The predicted octanol–water partition coefficient (Wildman–Crippen LogP) is 4.36. The number of benzene rings is 1. The SMILES string of the molecule is CC(C)=CCC1=C(O)C(=C(O)c2ccccc2)C(=O)C(O)(CC=C(C)C)C1=O. The van der Waals surface area contributed by atoms with E-state index in [2.05, 4.69) is 0 Å². The van der Waals surface area contributed by atoms with E-state index in [0.717, 1.165) is 11.1 Å². The molecule has 5 heteroatoms. The summed E-state index contributed by atoms with van der Waals surface area (Å²) in [6.45, 7) is 7.25. The first-order valence-electron chi connectivity index (χ1n) is 9.09. The van der Waals surface area contributed by atoms with E-state index in [4.69, 9.17) is 0 Å². The van der Waals surface area contributed by atoms with Gasteiger partial charge in [-0.2, -0.15) is 0 Å². The average molecular weight is 382 g/mol. The van der Waals surface area contributed by atoms with Crippen molar-refractivity contribution < 1.29 is 24.9 Å². The van der Waals surface area contributed by atoms with Gasteiger partial charge in [-0.05, 0) is 34.1 Å². The summed E-state index contributed by atoms with van der Waals surface area (Å²) in [5, 5.41) is 32.4. The molecule has 0 saturated heterocycles. The van der Waals surface area contributed by atoms with Crippen LogP contribution in [0.5, 0.6) is 0 Å². The number of allylic oxidation sites excluding steroid dienone is 4. The molecule has 0 saturated carbocycles. The summed E-state index contributed by atoms with van der Waals surface area (Å²) in [6.07, 6.45) is 3.12. The van der Waals surface area contributed by atoms with Crippen molar-refractivity contribution in [3.63, 3.8) is 0 Å². The molecule has 0 heterocycles. The monoisotopic (exact) mass is 382 g/mol. The molecule has 3 N–H and O–H groups in total. The fourth-order valence-corrected chi connectivity index (χ4v) is 2.92. The molecule has 5 nitrogen and oxygen atoms in total. The van der Waals surface area contributed by atoms with Crippen molar-refractivity contribution in [1.82, 2.24) is 0 Å². The van der Waals surface area contributed by atoms with Crippen LogP contribution < -0.4 is 0 Å². The first-order chi connectivity index (χ1) is 13.1. The molecule has 1 unspecified atom stereocenters. The molecule has 1 aliphatic carbocycles. The Labute approximate surface area is 165 Å². The maximum absolute atomic E-state index is 13.1. The van der Waals surface area contributed by atoms with Crippen LogP contribution in [0.2, 0.25) is 0 Å². The molecule has 28 heavy (non-hydrogen) atoms. The van der Waals surface area contributed by atoms with E-state index in [-0.39, 0.29) is 18.4 Å². The van der Waals surface area contributed by atoms with Crippen molar-refractivity contribution in [3.05, 3.63) is 76.1 Å². The quantitative estimate of drug-likeness (QED) is 0.304. The molecule has 148 valence electrons. The molecule has 0 radical (unpaired) electrons. The summed E-state index contributed by atoms with van der Waals surface area (Å²) in [6, 6.07) is 8.23. The van der Waals surface area contributed by atoms with Crippen LogP contribution in [0.25, 0.3) is 5.76 Å². The van der Waals surface area contributed by atoms with Crippen molar-refractivity contribution in [2.75, 3.05) is 0 Å². The van der Waals surface area contributed by atoms with Gasteiger partial charge >= 0.3 is 0 Å². The molecule has 0 aromatic heterocycles. The third kappa shape index (κ3) is 4.15. The van der Waals surface area contributed by atoms with Crippen molar-refractivity contribution in [2.24, 2.45) is 0 Å². The Morgan fingerprint density at radius 2 is 1.54 bits per heavy atom. The zero-order valence-corrected chi connectivity index (χ0v) is 16.6. The minimum absolute atomic E-state index is 0.0446. The van der Waals surface area contributed by atoms with Crippen LogP contribution in [0.4, 0.5) is 0 Å². The van der Waals surface area contributed by atoms with Gasteiger partial charge in [0, 0.05) is 17.6 Å². The van der Waals surface area contributed by atoms with Gasteiger partial charge in [-0.1, -0.05) is 53.6 Å². The van der Waals surface area contributed by atoms with Gasteiger partial charge in [-0.25, -0.2) is 0 Å². The molecule has 1 aromatic rings. The van der Waals surface area contributed by atoms with Gasteiger partial charge in [0.15, 0.2) is 5.60 Å². The van der Waals surface area contributed by atoms with Crippen molar-refractivity contribution in [3.8, 4) is 0 Å². The lowest BCUT2D eigenvalue weighted by atomic mass is 9.74. The summed E-state index contributed by atoms with van der Waals surface area (Å²) < 4.78 is 0. The zero-order chi connectivity index (χ0) is 21.1. The van der Waals surface area contributed by atoms with E-state index < -0.39 is 34.3 Å². The second-order valence-corrected chi connectivity index (χ2v) is 7.41. The summed E-state index contributed by atoms with van der Waals surface area (Å²) in [5.41, 5.74) is -0.854. The Morgan fingerprint density at radius 3 is 2.07 bits per heavy atom. The lowest BCUT2D eigenvalue weighted by molar-refractivity contribution is -0.146. The highest BCUT2D eigenvalue weighted by Crippen LogP contribution is 2.37. The molecule has 0 bridgehead atoms. The smallest absolute Gasteiger partial charge is 0.210 e. The van der Waals surface area contributed by atoms with Crippen molar-refractivity contribution in [1.29, 1.82) is 0 Å². The second kappa shape index (κ2) is 8.40. The molecule has 2 rings (SSSR count). The molecule has 1 aliphatic rings. The minimum Gasteiger partial charge on any atom is -0.507 e. The molecule has 0 amide bonds. The molecule has 1 atom stereocenters. The number of ketones is 2. The number of rotatable bonds is 5. The van der Waals surface area contributed by atoms with Gasteiger partial charge in [0.25, 0.3) is 0 Å². The minimum atomic E-state index is -2.37. The fourth-order valence-electron chi connectivity index (χ4n) is 2.92. The maximum atomic E-state index is 13.1. The van der Waals surface area contributed by atoms with Crippen LogP contribution in [0.3, 0.4) is 0 Å². The van der Waals surface area contributed by atoms with Gasteiger partial charge in [0.05, 0.1) is 0 Å². The number of carbonyl (C=O) groups excluding carboxylic acids is 2. The first-order valence-corrected chi connectivity index (χ1v) is 9.09. The molecule has 0 spiro atoms. The third-order valence-electron chi connectivity index (χ3n) is 4.58. The van der Waals surface area contributed by atoms with Crippen LogP contribution in [0.15, 0.2) is 70.5 Å². The van der Waals surface area contributed by atoms with Gasteiger partial charge < -0.3 is 15.3 Å². The van der Waals surface area contributed by atoms with Crippen LogP contribution in [-0.4, -0.2) is 32.5 Å². The molecular formula is C23H26O5. The van der Waals surface area contributed by atoms with E-state index in [1.807, 2.05) is 13.8 Å². The largest absolute Gasteiger partial charge is 0.507 e. The Bertz CT molecular complexity index is 908. The highest BCUT2D eigenvalue weighted by molar-refractivity contribution is 6.28. The van der Waals surface area contributed by atoms with Crippen LogP contribution in [-0.2, 0) is 9.59 Å². The summed E-state index contributed by atoms with van der Waals surface area (Å²) >= 11 is 0. The summed E-state index contributed by atoms with van der Waals surface area (Å²) in [5.74, 6) is -2.90. The average Bonchev–Trinajstić information content (AvgIpc) is 2.65. The second-order valence-electron chi connectivity index (χ2n) is 7.41. The highest BCUT2D eigenvalue weighted by Gasteiger charge is 2.51. The molecular weight excluding hydrogens is 356 g/mol. The van der Waals surface area contributed by atoms with Crippen LogP contribution in [0, 0.1) is 0 Å². The van der Waals surface area contributed by atoms with E-state index in [1.165, 1.54) is 0 Å². The Kier molecular flexibility index (Phi) is 6.41. The van der Waals surface area contributed by atoms with Crippen molar-refractivity contribution in [2.45, 2.75) is 46.1 Å². The maximum Gasteiger partial charge on any atom is 0.210 e. The fraction of sp³-hybridized carbons (Fsp3) is 0.304. The van der Waals surface area contributed by atoms with Gasteiger partial charge in [-0.15, -0.1) is 0 Å². The topological polar surface area (TPSA) is 94.8 Å². The Morgan fingerprint density at radius 1 is 0.964 bits per heavy atom. The number of aliphatic hydroxyl groups excluding tert-OH is 2. The van der Waals surface area contributed by atoms with Gasteiger partial charge in [-0.3, -0.25) is 9.59 Å². The zero-order valence-electron chi connectivity index (χ0n) is 16.6. The van der Waals surface area contributed by atoms with Gasteiger partial charge in [0.2, 0.25) is 11.6 Å². The van der Waals surface area contributed by atoms with Gasteiger partial charge in [0.1, 0.15) is 17.1 Å². The standard InChI is InChI=1S/C23H26O5/c1-14(2)10-11-17-20(25)18(19(24)16-8-6-5-7-9-16)22(27)23(28,21(17)26)13-12-15(3)4/h5-10,12,24-25,28H,11,13H2,1-4H3.